The Hall–Kier alpha value is -2.71. The van der Waals surface area contributed by atoms with E-state index in [1.54, 1.807) is 12.1 Å². The number of amides is 1. The van der Waals surface area contributed by atoms with Gasteiger partial charge in [0.1, 0.15) is 24.6 Å². The number of carbonyl (C=O) groups excluding carboxylic acids is 1. The first-order valence-electron chi connectivity index (χ1n) is 8.52. The maximum Gasteiger partial charge on any atom is 0.253 e. The van der Waals surface area contributed by atoms with E-state index in [2.05, 4.69) is 10.0 Å². The summed E-state index contributed by atoms with van der Waals surface area (Å²) in [4.78, 5) is 11.6. The van der Waals surface area contributed by atoms with Crippen LogP contribution in [0.3, 0.4) is 0 Å². The van der Waals surface area contributed by atoms with Gasteiger partial charge in [-0.3, -0.25) is 13.8 Å². The zero-order valence-corrected chi connectivity index (χ0v) is 15.2. The molecule has 2 aliphatic rings. The van der Waals surface area contributed by atoms with Crippen LogP contribution >= 0.6 is 0 Å². The molecule has 8 heteroatoms. The summed E-state index contributed by atoms with van der Waals surface area (Å²) in [5.74, 6) is -0.717. The van der Waals surface area contributed by atoms with Gasteiger partial charge in [-0.2, -0.15) is 0 Å². The maximum atomic E-state index is 15.4. The Morgan fingerprint density at radius 3 is 2.67 bits per heavy atom. The molecule has 2 N–H and O–H groups in total. The number of hydrogen-bond acceptors (Lipinski definition) is 4. The molecule has 1 fully saturated rings. The number of halogens is 1. The fourth-order valence-electron chi connectivity index (χ4n) is 3.09. The number of ether oxygens (including phenoxy) is 1. The summed E-state index contributed by atoms with van der Waals surface area (Å²) in [7, 11) is 0. The summed E-state index contributed by atoms with van der Waals surface area (Å²) >= 11 is -1.84. The lowest BCUT2D eigenvalue weighted by Crippen LogP contribution is -2.24. The third kappa shape index (κ3) is 3.58. The van der Waals surface area contributed by atoms with E-state index in [-0.39, 0.29) is 24.6 Å². The number of rotatable bonds is 5. The highest BCUT2D eigenvalue weighted by molar-refractivity contribution is 7.85. The highest BCUT2D eigenvalue weighted by atomic mass is 32.2. The van der Waals surface area contributed by atoms with Crippen molar-refractivity contribution in [3.05, 3.63) is 65.5 Å². The number of anilines is 1. The van der Waals surface area contributed by atoms with Gasteiger partial charge < -0.3 is 10.1 Å². The Balaban J connectivity index is 1.72. The van der Waals surface area contributed by atoms with E-state index in [0.717, 1.165) is 11.1 Å². The lowest BCUT2D eigenvalue weighted by Gasteiger charge is -2.21. The van der Waals surface area contributed by atoms with E-state index in [9.17, 15) is 9.00 Å². The van der Waals surface area contributed by atoms with Crippen molar-refractivity contribution in [1.82, 2.24) is 10.0 Å². The molecule has 0 saturated carbocycles. The third-order valence-corrected chi connectivity index (χ3v) is 5.52. The van der Waals surface area contributed by atoms with E-state index in [1.807, 2.05) is 36.4 Å². The molecule has 0 aromatic heterocycles. The first-order valence-corrected chi connectivity index (χ1v) is 9.62. The molecule has 4 rings (SSSR count). The maximum absolute atomic E-state index is 15.4. The minimum atomic E-state index is -1.84. The monoisotopic (exact) mass is 387 g/mol. The lowest BCUT2D eigenvalue weighted by atomic mass is 10.0. The quantitative estimate of drug-likeness (QED) is 0.822. The Kier molecular flexibility index (Phi) is 4.91. The van der Waals surface area contributed by atoms with Crippen LogP contribution in [0.5, 0.6) is 5.75 Å². The van der Waals surface area contributed by atoms with Crippen LogP contribution in [0.1, 0.15) is 11.1 Å². The molecule has 0 aliphatic carbocycles. The largest absolute Gasteiger partial charge is 0.487 e. The fourth-order valence-corrected chi connectivity index (χ4v) is 4.03. The molecule has 6 nitrogen and oxygen atoms in total. The number of nitrogens with one attached hydrogen (secondary N) is 2. The highest BCUT2D eigenvalue weighted by Crippen LogP contribution is 2.38. The third-order valence-electron chi connectivity index (χ3n) is 4.41. The minimum Gasteiger partial charge on any atom is -0.487 e. The zero-order chi connectivity index (χ0) is 18.8. The van der Waals surface area contributed by atoms with E-state index in [1.165, 1.54) is 4.31 Å². The summed E-state index contributed by atoms with van der Waals surface area (Å²) in [6.07, 6.45) is 1.91. The number of hydrogen-bond donors (Lipinski definition) is 2. The highest BCUT2D eigenvalue weighted by Gasteiger charge is 2.33. The molecule has 27 heavy (non-hydrogen) atoms. The molecule has 0 radical (unpaired) electrons. The van der Waals surface area contributed by atoms with Crippen LogP contribution in [-0.2, 0) is 22.6 Å². The summed E-state index contributed by atoms with van der Waals surface area (Å²) in [6, 6.07) is 12.8. The second kappa shape index (κ2) is 7.50. The number of carbonyl (C=O) groups is 1. The fraction of sp³-hybridized carbons (Fsp3) is 0.211. The predicted molar refractivity (Wildman–Crippen MR) is 102 cm³/mol. The zero-order valence-electron chi connectivity index (χ0n) is 14.4. The van der Waals surface area contributed by atoms with Gasteiger partial charge in [-0.05, 0) is 23.3 Å². The normalized spacial score (nSPS) is 19.1. The topological polar surface area (TPSA) is 70.7 Å². The molecule has 1 saturated heterocycles. The van der Waals surface area contributed by atoms with Crippen LogP contribution in [0, 0.1) is 5.82 Å². The molecule has 1 atom stereocenters. The lowest BCUT2D eigenvalue weighted by molar-refractivity contribution is -0.117. The molecule has 2 aromatic carbocycles. The molecule has 2 aromatic rings. The predicted octanol–water partition coefficient (Wildman–Crippen LogP) is 1.91. The summed E-state index contributed by atoms with van der Waals surface area (Å²) in [5.41, 5.74) is 2.20. The second-order valence-electron chi connectivity index (χ2n) is 6.22. The molecule has 2 heterocycles. The Labute approximate surface area is 158 Å². The second-order valence-corrected chi connectivity index (χ2v) is 7.36. The van der Waals surface area contributed by atoms with Crippen molar-refractivity contribution in [2.45, 2.75) is 6.61 Å². The smallest absolute Gasteiger partial charge is 0.253 e. The Bertz CT molecular complexity index is 933. The molecular weight excluding hydrogens is 369 g/mol. The van der Waals surface area contributed by atoms with Crippen molar-refractivity contribution >= 4 is 28.3 Å². The van der Waals surface area contributed by atoms with Gasteiger partial charge in [-0.25, -0.2) is 8.60 Å². The first-order chi connectivity index (χ1) is 13.1. The molecule has 140 valence electrons. The number of benzene rings is 2. The summed E-state index contributed by atoms with van der Waals surface area (Å²) in [5, 5.41) is 3.13. The van der Waals surface area contributed by atoms with Crippen LogP contribution in [0.4, 0.5) is 10.1 Å². The van der Waals surface area contributed by atoms with Gasteiger partial charge in [-0.1, -0.05) is 36.4 Å². The molecule has 2 aliphatic heterocycles. The van der Waals surface area contributed by atoms with Crippen molar-refractivity contribution < 1.29 is 18.1 Å². The van der Waals surface area contributed by atoms with Gasteiger partial charge in [-0.15, -0.1) is 0 Å². The van der Waals surface area contributed by atoms with Gasteiger partial charge in [0.25, 0.3) is 5.91 Å². The van der Waals surface area contributed by atoms with E-state index < -0.39 is 22.9 Å². The van der Waals surface area contributed by atoms with Crippen molar-refractivity contribution in [2.24, 2.45) is 0 Å². The van der Waals surface area contributed by atoms with E-state index >= 15 is 4.39 Å². The van der Waals surface area contributed by atoms with Crippen molar-refractivity contribution in [2.75, 3.05) is 23.9 Å². The van der Waals surface area contributed by atoms with Crippen LogP contribution in [0.25, 0.3) is 5.57 Å². The van der Waals surface area contributed by atoms with Crippen LogP contribution in [0.15, 0.2) is 48.5 Å². The van der Waals surface area contributed by atoms with Crippen molar-refractivity contribution in [1.29, 1.82) is 0 Å². The molecular formula is C19H18FN3O3S. The number of nitrogens with zero attached hydrogens (tertiary/aromatic N) is 1. The van der Waals surface area contributed by atoms with E-state index in [4.69, 9.17) is 4.74 Å². The van der Waals surface area contributed by atoms with Crippen molar-refractivity contribution in [3.63, 3.8) is 0 Å². The van der Waals surface area contributed by atoms with Crippen molar-refractivity contribution in [3.8, 4) is 5.75 Å². The molecule has 0 spiro atoms. The summed E-state index contributed by atoms with van der Waals surface area (Å²) in [6.45, 7) is 1.28. The van der Waals surface area contributed by atoms with Gasteiger partial charge in [0.15, 0.2) is 5.82 Å². The standard InChI is InChI=1S/C19H18FN3O3S/c20-18-15(14-8-9-21-10-14)6-7-16(26-12-13-4-2-1-3-5-13)19(18)23-11-17(24)22-27(23)25/h1-8,21H,9-12H2,(H,22,24). The first kappa shape index (κ1) is 17.7. The van der Waals surface area contributed by atoms with Crippen LogP contribution in [0.2, 0.25) is 0 Å². The molecule has 1 unspecified atom stereocenters. The molecule has 0 bridgehead atoms. The average Bonchev–Trinajstić information content (AvgIpc) is 3.30. The van der Waals surface area contributed by atoms with Gasteiger partial charge in [0, 0.05) is 18.7 Å². The van der Waals surface area contributed by atoms with Crippen LogP contribution < -0.4 is 19.1 Å². The van der Waals surface area contributed by atoms with Crippen LogP contribution in [-0.4, -0.2) is 29.8 Å². The Morgan fingerprint density at radius 2 is 2.00 bits per heavy atom. The minimum absolute atomic E-state index is 0.0351. The van der Waals surface area contributed by atoms with E-state index in [0.29, 0.717) is 18.7 Å². The summed E-state index contributed by atoms with van der Waals surface area (Å²) < 4.78 is 37.0. The van der Waals surface area contributed by atoms with Gasteiger partial charge >= 0.3 is 0 Å². The average molecular weight is 387 g/mol. The van der Waals surface area contributed by atoms with Gasteiger partial charge in [0.05, 0.1) is 0 Å². The van der Waals surface area contributed by atoms with Gasteiger partial charge in [0.2, 0.25) is 11.2 Å². The SMILES string of the molecule is O=C1CN(c2c(OCc3ccccc3)ccc(C3=CCNC3)c2F)S(=O)N1. The Morgan fingerprint density at radius 1 is 1.19 bits per heavy atom. The molecule has 1 amide bonds.